The monoisotopic (exact) mass is 326 g/mol. The second-order valence-corrected chi connectivity index (χ2v) is 7.79. The van der Waals surface area contributed by atoms with Crippen molar-refractivity contribution in [3.05, 3.63) is 20.2 Å². The van der Waals surface area contributed by atoms with Crippen LogP contribution in [0, 0.1) is 43.9 Å². The number of rotatable bonds is 6. The van der Waals surface area contributed by atoms with Crippen LogP contribution in [-0.2, 0) is 0 Å². The molecule has 2 aliphatic rings. The molecular weight excluding hydrogens is 296 g/mol. The predicted octanol–water partition coefficient (Wildman–Crippen LogP) is 4.32. The third-order valence-electron chi connectivity index (χ3n) is 6.38. The van der Waals surface area contributed by atoms with Crippen molar-refractivity contribution in [2.75, 3.05) is 0 Å². The molecule has 6 heteroatoms. The van der Waals surface area contributed by atoms with Crippen LogP contribution in [0.3, 0.4) is 0 Å². The van der Waals surface area contributed by atoms with Crippen LogP contribution in [0.15, 0.2) is 0 Å². The Balaban J connectivity index is 1.82. The van der Waals surface area contributed by atoms with Gasteiger partial charge in [0.15, 0.2) is 0 Å². The van der Waals surface area contributed by atoms with Crippen molar-refractivity contribution in [2.45, 2.75) is 83.7 Å². The SMILES string of the molecule is CCC1CCC(CCC2CCC(C)C([N+](=O)[O-])C2)CC1[N+](=O)[O-]. The van der Waals surface area contributed by atoms with Crippen molar-refractivity contribution in [1.29, 1.82) is 0 Å². The summed E-state index contributed by atoms with van der Waals surface area (Å²) < 4.78 is 0. The van der Waals surface area contributed by atoms with Crippen LogP contribution in [0.4, 0.5) is 0 Å². The molecule has 0 spiro atoms. The number of hydrogen-bond donors (Lipinski definition) is 0. The Morgan fingerprint density at radius 3 is 1.91 bits per heavy atom. The first kappa shape index (κ1) is 18.1. The van der Waals surface area contributed by atoms with Gasteiger partial charge >= 0.3 is 0 Å². The van der Waals surface area contributed by atoms with Crippen LogP contribution in [0.25, 0.3) is 0 Å². The van der Waals surface area contributed by atoms with Crippen LogP contribution < -0.4 is 0 Å². The average molecular weight is 326 g/mol. The summed E-state index contributed by atoms with van der Waals surface area (Å²) in [4.78, 5) is 22.2. The number of nitrogens with zero attached hydrogens (tertiary/aromatic N) is 2. The summed E-state index contributed by atoms with van der Waals surface area (Å²) in [5, 5.41) is 22.4. The lowest BCUT2D eigenvalue weighted by Gasteiger charge is -2.33. The Kier molecular flexibility index (Phi) is 6.36. The van der Waals surface area contributed by atoms with E-state index in [1.807, 2.05) is 13.8 Å². The number of hydrogen-bond acceptors (Lipinski definition) is 4. The van der Waals surface area contributed by atoms with Crippen molar-refractivity contribution in [1.82, 2.24) is 0 Å². The smallest absolute Gasteiger partial charge is 0.216 e. The molecule has 2 rings (SSSR count). The van der Waals surface area contributed by atoms with E-state index >= 15 is 0 Å². The normalized spacial score (nSPS) is 38.2. The molecular formula is C17H30N2O4. The molecule has 0 amide bonds. The minimum absolute atomic E-state index is 0.0780. The zero-order chi connectivity index (χ0) is 17.0. The first-order valence-electron chi connectivity index (χ1n) is 9.19. The minimum Gasteiger partial charge on any atom is -0.264 e. The van der Waals surface area contributed by atoms with Crippen molar-refractivity contribution in [2.24, 2.45) is 23.7 Å². The first-order valence-corrected chi connectivity index (χ1v) is 9.19. The highest BCUT2D eigenvalue weighted by Crippen LogP contribution is 2.38. The summed E-state index contributed by atoms with van der Waals surface area (Å²) in [6, 6.07) is -0.771. The summed E-state index contributed by atoms with van der Waals surface area (Å²) in [5.74, 6) is 1.27. The van der Waals surface area contributed by atoms with Gasteiger partial charge in [-0.2, -0.15) is 0 Å². The van der Waals surface area contributed by atoms with Gasteiger partial charge in [0.05, 0.1) is 0 Å². The topological polar surface area (TPSA) is 86.3 Å². The second kappa shape index (κ2) is 8.06. The summed E-state index contributed by atoms with van der Waals surface area (Å²) in [5.41, 5.74) is 0. The molecule has 0 aliphatic heterocycles. The van der Waals surface area contributed by atoms with E-state index < -0.39 is 6.04 Å². The van der Waals surface area contributed by atoms with Gasteiger partial charge in [-0.25, -0.2) is 0 Å². The van der Waals surface area contributed by atoms with E-state index in [-0.39, 0.29) is 27.7 Å². The van der Waals surface area contributed by atoms with Crippen LogP contribution in [-0.4, -0.2) is 21.9 Å². The fourth-order valence-electron chi connectivity index (χ4n) is 4.70. The lowest BCUT2D eigenvalue weighted by atomic mass is 9.72. The molecule has 0 aromatic rings. The molecule has 6 nitrogen and oxygen atoms in total. The van der Waals surface area contributed by atoms with Crippen LogP contribution >= 0.6 is 0 Å². The fraction of sp³-hybridized carbons (Fsp3) is 1.00. The standard InChI is InChI=1S/C17H30N2O4/c1-3-15-9-8-14(11-17(15)19(22)23)7-6-13-5-4-12(2)16(10-13)18(20)21/h12-17H,3-11H2,1-2H3. The maximum Gasteiger partial charge on any atom is 0.216 e. The molecule has 2 aliphatic carbocycles. The highest BCUT2D eigenvalue weighted by Gasteiger charge is 2.39. The Bertz CT molecular complexity index is 429. The van der Waals surface area contributed by atoms with Crippen LogP contribution in [0.5, 0.6) is 0 Å². The molecule has 0 aromatic heterocycles. The highest BCUT2D eigenvalue weighted by molar-refractivity contribution is 4.82. The van der Waals surface area contributed by atoms with Crippen molar-refractivity contribution in [3.63, 3.8) is 0 Å². The molecule has 0 saturated heterocycles. The van der Waals surface area contributed by atoms with Crippen molar-refractivity contribution >= 4 is 0 Å². The summed E-state index contributed by atoms with van der Waals surface area (Å²) in [6.07, 6.45) is 8.36. The molecule has 2 fully saturated rings. The quantitative estimate of drug-likeness (QED) is 0.537. The van der Waals surface area contributed by atoms with Gasteiger partial charge in [0.1, 0.15) is 0 Å². The van der Waals surface area contributed by atoms with Gasteiger partial charge in [-0.3, -0.25) is 20.2 Å². The molecule has 0 radical (unpaired) electrons. The predicted molar refractivity (Wildman–Crippen MR) is 88.4 cm³/mol. The highest BCUT2D eigenvalue weighted by atomic mass is 16.6. The third kappa shape index (κ3) is 4.64. The van der Waals surface area contributed by atoms with Gasteiger partial charge in [0, 0.05) is 34.5 Å². The Morgan fingerprint density at radius 2 is 1.39 bits per heavy atom. The van der Waals surface area contributed by atoms with Crippen LogP contribution in [0.1, 0.15) is 71.6 Å². The Hall–Kier alpha value is -1.20. The van der Waals surface area contributed by atoms with E-state index in [0.29, 0.717) is 24.7 Å². The van der Waals surface area contributed by atoms with Crippen molar-refractivity contribution in [3.8, 4) is 0 Å². The summed E-state index contributed by atoms with van der Waals surface area (Å²) >= 11 is 0. The lowest BCUT2D eigenvalue weighted by molar-refractivity contribution is -0.538. The minimum atomic E-state index is -0.392. The molecule has 0 bridgehead atoms. The molecule has 6 unspecified atom stereocenters. The molecule has 0 N–H and O–H groups in total. The largest absolute Gasteiger partial charge is 0.264 e. The molecule has 0 aromatic carbocycles. The Labute approximate surface area is 138 Å². The molecule has 0 heterocycles. The molecule has 132 valence electrons. The lowest BCUT2D eigenvalue weighted by Crippen LogP contribution is -2.36. The van der Waals surface area contributed by atoms with Gasteiger partial charge < -0.3 is 0 Å². The van der Waals surface area contributed by atoms with Gasteiger partial charge in [-0.15, -0.1) is 0 Å². The van der Waals surface area contributed by atoms with E-state index in [0.717, 1.165) is 44.9 Å². The maximum atomic E-state index is 11.3. The molecule has 23 heavy (non-hydrogen) atoms. The van der Waals surface area contributed by atoms with Gasteiger partial charge in [0.25, 0.3) is 0 Å². The summed E-state index contributed by atoms with van der Waals surface area (Å²) in [7, 11) is 0. The van der Waals surface area contributed by atoms with E-state index in [2.05, 4.69) is 0 Å². The first-order chi connectivity index (χ1) is 10.9. The zero-order valence-electron chi connectivity index (χ0n) is 14.4. The number of nitro groups is 2. The third-order valence-corrected chi connectivity index (χ3v) is 6.38. The zero-order valence-corrected chi connectivity index (χ0v) is 14.4. The molecule has 2 saturated carbocycles. The maximum absolute atomic E-state index is 11.3. The van der Waals surface area contributed by atoms with E-state index in [4.69, 9.17) is 0 Å². The fourth-order valence-corrected chi connectivity index (χ4v) is 4.70. The van der Waals surface area contributed by atoms with Gasteiger partial charge in [-0.1, -0.05) is 13.8 Å². The van der Waals surface area contributed by atoms with E-state index in [1.54, 1.807) is 0 Å². The van der Waals surface area contributed by atoms with E-state index in [9.17, 15) is 20.2 Å². The van der Waals surface area contributed by atoms with E-state index in [1.165, 1.54) is 0 Å². The van der Waals surface area contributed by atoms with Gasteiger partial charge in [0.2, 0.25) is 12.1 Å². The Morgan fingerprint density at radius 1 is 0.870 bits per heavy atom. The average Bonchev–Trinajstić information content (AvgIpc) is 2.53. The molecule has 6 atom stereocenters. The second-order valence-electron chi connectivity index (χ2n) is 7.79. The van der Waals surface area contributed by atoms with Crippen molar-refractivity contribution < 1.29 is 9.85 Å². The summed E-state index contributed by atoms with van der Waals surface area (Å²) in [6.45, 7) is 4.03. The van der Waals surface area contributed by atoms with Crippen LogP contribution in [0.2, 0.25) is 0 Å². The van der Waals surface area contributed by atoms with Gasteiger partial charge in [-0.05, 0) is 56.8 Å².